The lowest BCUT2D eigenvalue weighted by molar-refractivity contribution is 0.295. The number of likely N-dealkylation sites (N-methyl/N-ethyl adjacent to an activating group) is 1. The molecule has 0 saturated carbocycles. The molecule has 1 rings (SSSR count). The Labute approximate surface area is 67.3 Å². The minimum atomic E-state index is -2.86. The van der Waals surface area contributed by atoms with Crippen LogP contribution in [0.1, 0.15) is 0 Å². The van der Waals surface area contributed by atoms with Crippen molar-refractivity contribution in [2.75, 3.05) is 25.6 Å². The molecule has 1 aliphatic heterocycles. The van der Waals surface area contributed by atoms with E-state index in [4.69, 9.17) is 5.73 Å². The fraction of sp³-hybridized carbons (Fsp3) is 1.00. The number of rotatable bonds is 1. The third-order valence-corrected chi connectivity index (χ3v) is 3.77. The van der Waals surface area contributed by atoms with E-state index in [1.54, 1.807) is 0 Å². The monoisotopic (exact) mass is 178 g/mol. The summed E-state index contributed by atoms with van der Waals surface area (Å²) in [4.78, 5) is 1.87. The van der Waals surface area contributed by atoms with Crippen molar-refractivity contribution in [1.29, 1.82) is 0 Å². The van der Waals surface area contributed by atoms with Gasteiger partial charge in [0.05, 0.1) is 11.5 Å². The molecule has 1 saturated heterocycles. The van der Waals surface area contributed by atoms with E-state index in [1.165, 1.54) is 0 Å². The summed E-state index contributed by atoms with van der Waals surface area (Å²) in [5.41, 5.74) is 5.63. The highest BCUT2D eigenvalue weighted by molar-refractivity contribution is 7.91. The van der Waals surface area contributed by atoms with Gasteiger partial charge in [0.25, 0.3) is 0 Å². The van der Waals surface area contributed by atoms with Gasteiger partial charge in [-0.2, -0.15) is 0 Å². The van der Waals surface area contributed by atoms with E-state index in [9.17, 15) is 8.42 Å². The largest absolute Gasteiger partial charge is 0.325 e. The van der Waals surface area contributed by atoms with Crippen molar-refractivity contribution >= 4 is 9.84 Å². The number of sulfone groups is 1. The predicted octanol–water partition coefficient (Wildman–Crippen LogP) is -1.33. The van der Waals surface area contributed by atoms with Crippen molar-refractivity contribution in [3.63, 3.8) is 0 Å². The van der Waals surface area contributed by atoms with E-state index in [0.717, 1.165) is 0 Å². The maximum Gasteiger partial charge on any atom is 0.153 e. The zero-order valence-electron chi connectivity index (χ0n) is 6.82. The average Bonchev–Trinajstić information content (AvgIpc) is 2.05. The molecule has 0 aromatic heterocycles. The Kier molecular flexibility index (Phi) is 2.22. The van der Waals surface area contributed by atoms with Crippen LogP contribution in [0.25, 0.3) is 0 Å². The summed E-state index contributed by atoms with van der Waals surface area (Å²) in [6, 6.07) is -0.213. The van der Waals surface area contributed by atoms with Crippen LogP contribution in [0.2, 0.25) is 0 Å². The molecule has 0 aliphatic carbocycles. The molecule has 2 atom stereocenters. The summed E-state index contributed by atoms with van der Waals surface area (Å²) in [5.74, 6) is 0.344. The minimum absolute atomic E-state index is 0.000000000000000222. The summed E-state index contributed by atoms with van der Waals surface area (Å²) >= 11 is 0. The van der Waals surface area contributed by atoms with E-state index in [1.807, 2.05) is 19.0 Å². The standard InChI is InChI=1S/C6H14N2O2S/c1-8(2)6-4-11(9,10)3-5(6)7/h5-6H,3-4,7H2,1-2H3/t5-,6-/m1/s1. The first-order chi connectivity index (χ1) is 4.92. The van der Waals surface area contributed by atoms with Gasteiger partial charge < -0.3 is 10.6 Å². The van der Waals surface area contributed by atoms with Gasteiger partial charge in [0.15, 0.2) is 9.84 Å². The molecule has 0 aromatic rings. The highest BCUT2D eigenvalue weighted by Crippen LogP contribution is 2.13. The molecule has 11 heavy (non-hydrogen) atoms. The summed E-state index contributed by atoms with van der Waals surface area (Å²) in [7, 11) is 0.849. The van der Waals surface area contributed by atoms with Gasteiger partial charge in [-0.25, -0.2) is 8.42 Å². The third-order valence-electron chi connectivity index (χ3n) is 2.03. The normalized spacial score (nSPS) is 36.4. The van der Waals surface area contributed by atoms with E-state index < -0.39 is 9.84 Å². The van der Waals surface area contributed by atoms with Gasteiger partial charge in [0.1, 0.15) is 0 Å². The molecule has 0 spiro atoms. The van der Waals surface area contributed by atoms with Gasteiger partial charge in [-0.3, -0.25) is 0 Å². The summed E-state index contributed by atoms with van der Waals surface area (Å²) < 4.78 is 22.1. The lowest BCUT2D eigenvalue weighted by Gasteiger charge is -2.21. The molecular weight excluding hydrogens is 164 g/mol. The van der Waals surface area contributed by atoms with Crippen LogP contribution in [0.3, 0.4) is 0 Å². The van der Waals surface area contributed by atoms with E-state index in [0.29, 0.717) is 0 Å². The molecule has 66 valence electrons. The van der Waals surface area contributed by atoms with E-state index in [-0.39, 0.29) is 23.6 Å². The van der Waals surface area contributed by atoms with E-state index >= 15 is 0 Å². The number of nitrogens with zero attached hydrogens (tertiary/aromatic N) is 1. The number of hydrogen-bond donors (Lipinski definition) is 1. The zero-order valence-corrected chi connectivity index (χ0v) is 7.63. The van der Waals surface area contributed by atoms with Crippen molar-refractivity contribution in [2.45, 2.75) is 12.1 Å². The Bertz CT molecular complexity index is 235. The van der Waals surface area contributed by atoms with Crippen molar-refractivity contribution in [2.24, 2.45) is 5.73 Å². The maximum atomic E-state index is 11.0. The number of hydrogen-bond acceptors (Lipinski definition) is 4. The molecule has 0 bridgehead atoms. The van der Waals surface area contributed by atoms with E-state index in [2.05, 4.69) is 0 Å². The smallest absolute Gasteiger partial charge is 0.153 e. The molecule has 1 aliphatic rings. The van der Waals surface area contributed by atoms with Crippen LogP contribution in [0.4, 0.5) is 0 Å². The Morgan fingerprint density at radius 1 is 1.36 bits per heavy atom. The van der Waals surface area contributed by atoms with Crippen molar-refractivity contribution in [3.8, 4) is 0 Å². The van der Waals surface area contributed by atoms with Gasteiger partial charge in [-0.15, -0.1) is 0 Å². The van der Waals surface area contributed by atoms with Gasteiger partial charge in [-0.1, -0.05) is 0 Å². The SMILES string of the molecule is CN(C)[C@@H]1CS(=O)(=O)C[C@H]1N. The quantitative estimate of drug-likeness (QED) is 0.540. The fourth-order valence-electron chi connectivity index (χ4n) is 1.39. The van der Waals surface area contributed by atoms with Crippen LogP contribution in [0.5, 0.6) is 0 Å². The molecule has 0 amide bonds. The Hall–Kier alpha value is -0.130. The molecule has 5 heteroatoms. The summed E-state index contributed by atoms with van der Waals surface area (Å²) in [6.45, 7) is 0. The van der Waals surface area contributed by atoms with Crippen molar-refractivity contribution in [1.82, 2.24) is 4.90 Å². The zero-order chi connectivity index (χ0) is 8.65. The molecule has 0 radical (unpaired) electrons. The number of nitrogens with two attached hydrogens (primary N) is 1. The summed E-state index contributed by atoms with van der Waals surface area (Å²) in [5, 5.41) is 0. The third kappa shape index (κ3) is 1.91. The van der Waals surface area contributed by atoms with Gasteiger partial charge >= 0.3 is 0 Å². The molecule has 2 N–H and O–H groups in total. The maximum absolute atomic E-state index is 11.0. The molecular formula is C6H14N2O2S. The summed E-state index contributed by atoms with van der Waals surface area (Å²) in [6.07, 6.45) is 0. The van der Waals surface area contributed by atoms with Crippen LogP contribution in [-0.4, -0.2) is 51.0 Å². The van der Waals surface area contributed by atoms with Crippen LogP contribution in [0.15, 0.2) is 0 Å². The molecule has 4 nitrogen and oxygen atoms in total. The Morgan fingerprint density at radius 3 is 2.09 bits per heavy atom. The Morgan fingerprint density at radius 2 is 1.91 bits per heavy atom. The predicted molar refractivity (Wildman–Crippen MR) is 44.1 cm³/mol. The van der Waals surface area contributed by atoms with Gasteiger partial charge in [-0.05, 0) is 14.1 Å². The first-order valence-electron chi connectivity index (χ1n) is 3.55. The average molecular weight is 178 g/mol. The van der Waals surface area contributed by atoms with Crippen LogP contribution in [-0.2, 0) is 9.84 Å². The second-order valence-electron chi connectivity index (χ2n) is 3.27. The minimum Gasteiger partial charge on any atom is -0.325 e. The highest BCUT2D eigenvalue weighted by Gasteiger charge is 2.36. The van der Waals surface area contributed by atoms with Crippen molar-refractivity contribution in [3.05, 3.63) is 0 Å². The van der Waals surface area contributed by atoms with Gasteiger partial charge in [0, 0.05) is 12.1 Å². The van der Waals surface area contributed by atoms with Gasteiger partial charge in [0.2, 0.25) is 0 Å². The molecule has 1 heterocycles. The molecule has 0 unspecified atom stereocenters. The second-order valence-corrected chi connectivity index (χ2v) is 5.43. The fourth-order valence-corrected chi connectivity index (χ4v) is 3.40. The molecule has 1 fully saturated rings. The van der Waals surface area contributed by atoms with Crippen molar-refractivity contribution < 1.29 is 8.42 Å². The molecule has 0 aromatic carbocycles. The van der Waals surface area contributed by atoms with Crippen LogP contribution in [0, 0.1) is 0 Å². The Balaban J connectivity index is 2.75. The lowest BCUT2D eigenvalue weighted by Crippen LogP contribution is -2.43. The highest BCUT2D eigenvalue weighted by atomic mass is 32.2. The van der Waals surface area contributed by atoms with Crippen LogP contribution >= 0.6 is 0 Å². The first kappa shape index (κ1) is 8.96. The lowest BCUT2D eigenvalue weighted by atomic mass is 10.2. The second kappa shape index (κ2) is 2.73. The van der Waals surface area contributed by atoms with Crippen LogP contribution < -0.4 is 5.73 Å². The first-order valence-corrected chi connectivity index (χ1v) is 5.37. The topological polar surface area (TPSA) is 63.4 Å².